The summed E-state index contributed by atoms with van der Waals surface area (Å²) >= 11 is 7.14. The summed E-state index contributed by atoms with van der Waals surface area (Å²) in [5, 5.41) is 11.4. The molecule has 0 spiro atoms. The normalized spacial score (nSPS) is 12.0. The number of amidine groups is 1. The molecule has 0 radical (unpaired) electrons. The Bertz CT molecular complexity index is 621. The number of rotatable bonds is 2. The van der Waals surface area contributed by atoms with E-state index in [2.05, 4.69) is 10.3 Å². The van der Waals surface area contributed by atoms with E-state index in [-0.39, 0.29) is 9.92 Å². The van der Waals surface area contributed by atoms with Crippen LogP contribution < -0.4 is 5.32 Å². The van der Waals surface area contributed by atoms with Gasteiger partial charge in [0.2, 0.25) is 0 Å². The fourth-order valence-electron chi connectivity index (χ4n) is 1.15. The van der Waals surface area contributed by atoms with Crippen LogP contribution >= 0.6 is 23.4 Å². The number of hydrogen-bond acceptors (Lipinski definition) is 5. The minimum atomic E-state index is -3.35. The van der Waals surface area contributed by atoms with Gasteiger partial charge in [0.05, 0.1) is 15.6 Å². The number of halogens is 1. The molecule has 0 amide bonds. The monoisotopic (exact) mass is 303 g/mol. The first-order valence-corrected chi connectivity index (χ1v) is 8.15. The van der Waals surface area contributed by atoms with Crippen LogP contribution in [0.3, 0.4) is 0 Å². The van der Waals surface area contributed by atoms with Crippen molar-refractivity contribution in [2.24, 2.45) is 4.99 Å². The van der Waals surface area contributed by atoms with E-state index in [4.69, 9.17) is 16.9 Å². The third-order valence-corrected chi connectivity index (χ3v) is 4.06. The lowest BCUT2D eigenvalue weighted by Crippen LogP contribution is -2.12. The Labute approximate surface area is 115 Å². The highest BCUT2D eigenvalue weighted by atomic mass is 35.5. The maximum absolute atomic E-state index is 11.4. The molecule has 0 aliphatic carbocycles. The van der Waals surface area contributed by atoms with Crippen LogP contribution in [-0.2, 0) is 9.84 Å². The van der Waals surface area contributed by atoms with Crippen LogP contribution in [0.4, 0.5) is 5.69 Å². The van der Waals surface area contributed by atoms with Crippen molar-refractivity contribution >= 4 is 44.1 Å². The smallest absolute Gasteiger partial charge is 0.183 e. The van der Waals surface area contributed by atoms with Crippen molar-refractivity contribution in [1.82, 2.24) is 5.32 Å². The molecule has 0 saturated heterocycles. The predicted molar refractivity (Wildman–Crippen MR) is 73.9 cm³/mol. The molecule has 0 heterocycles. The molecular weight excluding hydrogens is 294 g/mol. The lowest BCUT2D eigenvalue weighted by molar-refractivity contribution is 0.602. The molecule has 18 heavy (non-hydrogen) atoms. The van der Waals surface area contributed by atoms with Crippen LogP contribution in [0.5, 0.6) is 0 Å². The largest absolute Gasteiger partial charge is 0.271 e. The molecule has 0 saturated carbocycles. The molecule has 96 valence electrons. The number of aliphatic imine (C=N–C) groups is 1. The van der Waals surface area contributed by atoms with Crippen molar-refractivity contribution in [3.8, 4) is 6.19 Å². The lowest BCUT2D eigenvalue weighted by atomic mass is 10.3. The quantitative estimate of drug-likeness (QED) is 0.392. The van der Waals surface area contributed by atoms with Crippen LogP contribution in [0.2, 0.25) is 5.02 Å². The second kappa shape index (κ2) is 6.09. The molecule has 0 bridgehead atoms. The third kappa shape index (κ3) is 3.91. The number of nitrogens with zero attached hydrogens (tertiary/aromatic N) is 2. The number of nitriles is 1. The van der Waals surface area contributed by atoms with E-state index < -0.39 is 9.84 Å². The molecule has 8 heteroatoms. The summed E-state index contributed by atoms with van der Waals surface area (Å²) < 4.78 is 22.7. The van der Waals surface area contributed by atoms with E-state index >= 15 is 0 Å². The van der Waals surface area contributed by atoms with Gasteiger partial charge in [-0.3, -0.25) is 5.32 Å². The van der Waals surface area contributed by atoms with Crippen molar-refractivity contribution in [1.29, 1.82) is 5.26 Å². The topological polar surface area (TPSA) is 82.3 Å². The number of benzene rings is 1. The van der Waals surface area contributed by atoms with E-state index in [9.17, 15) is 8.42 Å². The van der Waals surface area contributed by atoms with Crippen LogP contribution in [0.1, 0.15) is 0 Å². The first-order chi connectivity index (χ1) is 8.38. The predicted octanol–water partition coefficient (Wildman–Crippen LogP) is 2.16. The van der Waals surface area contributed by atoms with Gasteiger partial charge in [0.1, 0.15) is 0 Å². The fourth-order valence-corrected chi connectivity index (χ4v) is 2.82. The van der Waals surface area contributed by atoms with E-state index in [0.29, 0.717) is 10.9 Å². The number of hydrogen-bond donors (Lipinski definition) is 1. The molecule has 0 aliphatic heterocycles. The Morgan fingerprint density at radius 3 is 2.67 bits per heavy atom. The molecule has 1 rings (SSSR count). The van der Waals surface area contributed by atoms with Crippen LogP contribution in [0.25, 0.3) is 0 Å². The molecule has 0 unspecified atom stereocenters. The molecular formula is C10H10ClN3O2S2. The molecule has 1 aromatic rings. The van der Waals surface area contributed by atoms with Crippen LogP contribution in [0.15, 0.2) is 28.1 Å². The molecule has 1 N–H and O–H groups in total. The van der Waals surface area contributed by atoms with Crippen molar-refractivity contribution in [2.45, 2.75) is 4.90 Å². The molecule has 0 atom stereocenters. The fraction of sp³-hybridized carbons (Fsp3) is 0.200. The SMILES string of the molecule is CSC(=Nc1ccc(S(C)(=O)=O)c(Cl)c1)NC#N. The minimum absolute atomic E-state index is 0.0575. The van der Waals surface area contributed by atoms with Gasteiger partial charge in [-0.05, 0) is 24.5 Å². The number of thioether (sulfide) groups is 1. The highest BCUT2D eigenvalue weighted by molar-refractivity contribution is 8.13. The Morgan fingerprint density at radius 1 is 1.56 bits per heavy atom. The summed E-state index contributed by atoms with van der Waals surface area (Å²) in [6.07, 6.45) is 4.60. The van der Waals surface area contributed by atoms with Crippen molar-refractivity contribution in [2.75, 3.05) is 12.5 Å². The number of sulfone groups is 1. The van der Waals surface area contributed by atoms with Gasteiger partial charge in [0, 0.05) is 6.26 Å². The van der Waals surface area contributed by atoms with Gasteiger partial charge < -0.3 is 0 Å². The van der Waals surface area contributed by atoms with Gasteiger partial charge in [0.15, 0.2) is 21.2 Å². The first kappa shape index (κ1) is 14.8. The summed E-state index contributed by atoms with van der Waals surface area (Å²) in [6, 6.07) is 4.35. The third-order valence-electron chi connectivity index (χ3n) is 1.90. The van der Waals surface area contributed by atoms with Crippen molar-refractivity contribution < 1.29 is 8.42 Å². The number of nitrogens with one attached hydrogen (secondary N) is 1. The zero-order chi connectivity index (χ0) is 13.8. The average Bonchev–Trinajstić information content (AvgIpc) is 2.26. The standard InChI is InChI=1S/C10H10ClN3O2S2/c1-17-10(13-6-12)14-7-3-4-9(8(11)5-7)18(2,15)16/h3-5H,1-2H3,(H,13,14). The van der Waals surface area contributed by atoms with Gasteiger partial charge in [-0.25, -0.2) is 13.4 Å². The Kier molecular flexibility index (Phi) is 5.02. The van der Waals surface area contributed by atoms with E-state index in [1.54, 1.807) is 12.4 Å². The van der Waals surface area contributed by atoms with Crippen molar-refractivity contribution in [3.05, 3.63) is 23.2 Å². The average molecular weight is 304 g/mol. The summed E-state index contributed by atoms with van der Waals surface area (Å²) in [5.74, 6) is 0. The first-order valence-electron chi connectivity index (χ1n) is 4.66. The van der Waals surface area contributed by atoms with Crippen LogP contribution in [0, 0.1) is 11.5 Å². The molecule has 0 fully saturated rings. The summed E-state index contributed by atoms with van der Waals surface area (Å²) in [7, 11) is -3.35. The Balaban J connectivity index is 3.17. The van der Waals surface area contributed by atoms with Crippen molar-refractivity contribution in [3.63, 3.8) is 0 Å². The second-order valence-corrected chi connectivity index (χ2v) is 6.43. The maximum Gasteiger partial charge on any atom is 0.183 e. The molecule has 0 aliphatic rings. The molecule has 0 aromatic heterocycles. The summed E-state index contributed by atoms with van der Waals surface area (Å²) in [5.41, 5.74) is 0.472. The molecule has 5 nitrogen and oxygen atoms in total. The minimum Gasteiger partial charge on any atom is -0.271 e. The zero-order valence-corrected chi connectivity index (χ0v) is 12.0. The van der Waals surface area contributed by atoms with Gasteiger partial charge in [-0.1, -0.05) is 23.4 Å². The van der Waals surface area contributed by atoms with Crippen LogP contribution in [-0.4, -0.2) is 26.1 Å². The van der Waals surface area contributed by atoms with E-state index in [1.165, 1.54) is 30.0 Å². The summed E-state index contributed by atoms with van der Waals surface area (Å²) in [6.45, 7) is 0. The maximum atomic E-state index is 11.4. The van der Waals surface area contributed by atoms with E-state index in [0.717, 1.165) is 6.26 Å². The molecule has 1 aromatic carbocycles. The van der Waals surface area contributed by atoms with Gasteiger partial charge >= 0.3 is 0 Å². The van der Waals surface area contributed by atoms with Gasteiger partial charge in [0.25, 0.3) is 0 Å². The van der Waals surface area contributed by atoms with Gasteiger partial charge in [-0.15, -0.1) is 0 Å². The lowest BCUT2D eigenvalue weighted by Gasteiger charge is -2.04. The zero-order valence-electron chi connectivity index (χ0n) is 9.64. The Morgan fingerprint density at radius 2 is 2.22 bits per heavy atom. The Hall–Kier alpha value is -1.23. The highest BCUT2D eigenvalue weighted by Gasteiger charge is 2.12. The summed E-state index contributed by atoms with van der Waals surface area (Å²) in [4.78, 5) is 4.18. The van der Waals surface area contributed by atoms with E-state index in [1.807, 2.05) is 0 Å². The highest BCUT2D eigenvalue weighted by Crippen LogP contribution is 2.26. The second-order valence-electron chi connectivity index (χ2n) is 3.24. The van der Waals surface area contributed by atoms with Gasteiger partial charge in [-0.2, -0.15) is 5.26 Å².